The summed E-state index contributed by atoms with van der Waals surface area (Å²) in [5.74, 6) is 0.212. The minimum Gasteiger partial charge on any atom is -0.494 e. The molecular formula is C8H14N2O2. The third kappa shape index (κ3) is 1.92. The number of likely N-dealkylation sites (N-methyl/N-ethyl adjacent to an activating group) is 1. The molecule has 0 saturated carbocycles. The van der Waals surface area contributed by atoms with E-state index in [1.165, 1.54) is 16.7 Å². The van der Waals surface area contributed by atoms with E-state index in [0.29, 0.717) is 6.54 Å². The Hall–Kier alpha value is -1.16. The first-order chi connectivity index (χ1) is 5.61. The summed E-state index contributed by atoms with van der Waals surface area (Å²) in [4.78, 5) is 1.98. The van der Waals surface area contributed by atoms with Crippen LogP contribution in [0.15, 0.2) is 12.1 Å². The first kappa shape index (κ1) is 8.93. The summed E-state index contributed by atoms with van der Waals surface area (Å²) in [5, 5.41) is 18.5. The zero-order valence-corrected chi connectivity index (χ0v) is 7.36. The van der Waals surface area contributed by atoms with Crippen LogP contribution in [0.1, 0.15) is 0 Å². The maximum Gasteiger partial charge on any atom is 0.193 e. The van der Waals surface area contributed by atoms with Gasteiger partial charge < -0.3 is 15.1 Å². The molecule has 1 heterocycles. The Bertz CT molecular complexity index is 236. The van der Waals surface area contributed by atoms with Crippen LogP contribution < -0.4 is 0 Å². The van der Waals surface area contributed by atoms with E-state index in [9.17, 15) is 10.2 Å². The molecule has 0 aliphatic heterocycles. The predicted octanol–water partition coefficient (Wildman–Crippen LogP) is 0.461. The zero-order chi connectivity index (χ0) is 9.14. The van der Waals surface area contributed by atoms with Crippen molar-refractivity contribution in [2.45, 2.75) is 6.54 Å². The van der Waals surface area contributed by atoms with Crippen molar-refractivity contribution >= 4 is 0 Å². The van der Waals surface area contributed by atoms with E-state index in [0.717, 1.165) is 6.54 Å². The first-order valence-electron chi connectivity index (χ1n) is 3.83. The largest absolute Gasteiger partial charge is 0.494 e. The maximum absolute atomic E-state index is 9.23. The lowest BCUT2D eigenvalue weighted by molar-refractivity contribution is 0.328. The van der Waals surface area contributed by atoms with Crippen molar-refractivity contribution in [3.8, 4) is 11.8 Å². The van der Waals surface area contributed by atoms with Crippen molar-refractivity contribution in [1.82, 2.24) is 9.47 Å². The standard InChI is InChI=1S/C8H14N2O2/c1-9(2)5-6-10-7(11)3-4-8(10)12/h3-4,11-12H,5-6H2,1-2H3. The summed E-state index contributed by atoms with van der Waals surface area (Å²) < 4.78 is 1.46. The summed E-state index contributed by atoms with van der Waals surface area (Å²) in [6, 6.07) is 2.95. The number of rotatable bonds is 3. The molecular weight excluding hydrogens is 156 g/mol. The van der Waals surface area contributed by atoms with Crippen molar-refractivity contribution in [3.63, 3.8) is 0 Å². The number of nitrogens with zero attached hydrogens (tertiary/aromatic N) is 2. The van der Waals surface area contributed by atoms with E-state index in [1.807, 2.05) is 19.0 Å². The van der Waals surface area contributed by atoms with Crippen LogP contribution in [0.4, 0.5) is 0 Å². The highest BCUT2D eigenvalue weighted by Gasteiger charge is 2.04. The van der Waals surface area contributed by atoms with Gasteiger partial charge in [-0.15, -0.1) is 0 Å². The molecule has 4 nitrogen and oxygen atoms in total. The van der Waals surface area contributed by atoms with Crippen LogP contribution in [-0.4, -0.2) is 40.3 Å². The van der Waals surface area contributed by atoms with Gasteiger partial charge in [-0.05, 0) is 14.1 Å². The molecule has 1 aromatic rings. The van der Waals surface area contributed by atoms with Gasteiger partial charge in [0.15, 0.2) is 11.8 Å². The van der Waals surface area contributed by atoms with E-state index >= 15 is 0 Å². The second-order valence-electron chi connectivity index (χ2n) is 3.00. The summed E-state index contributed by atoms with van der Waals surface area (Å²) in [6.07, 6.45) is 0. The molecule has 2 N–H and O–H groups in total. The van der Waals surface area contributed by atoms with Crippen molar-refractivity contribution in [2.24, 2.45) is 0 Å². The molecule has 4 heteroatoms. The zero-order valence-electron chi connectivity index (χ0n) is 7.36. The van der Waals surface area contributed by atoms with Gasteiger partial charge in [0, 0.05) is 25.2 Å². The Kier molecular flexibility index (Phi) is 2.60. The smallest absolute Gasteiger partial charge is 0.193 e. The van der Waals surface area contributed by atoms with Gasteiger partial charge in [-0.3, -0.25) is 4.57 Å². The Morgan fingerprint density at radius 1 is 1.25 bits per heavy atom. The van der Waals surface area contributed by atoms with Crippen LogP contribution in [0.2, 0.25) is 0 Å². The average Bonchev–Trinajstić information content (AvgIpc) is 2.28. The summed E-state index contributed by atoms with van der Waals surface area (Å²) in [7, 11) is 3.88. The molecule has 0 unspecified atom stereocenters. The number of hydrogen-bond donors (Lipinski definition) is 2. The lowest BCUT2D eigenvalue weighted by Crippen LogP contribution is -2.17. The quantitative estimate of drug-likeness (QED) is 0.693. The third-order valence-corrected chi connectivity index (χ3v) is 1.71. The molecule has 0 amide bonds. The summed E-state index contributed by atoms with van der Waals surface area (Å²) >= 11 is 0. The number of aromatic nitrogens is 1. The Morgan fingerprint density at radius 2 is 1.75 bits per heavy atom. The first-order valence-corrected chi connectivity index (χ1v) is 3.83. The molecule has 0 fully saturated rings. The van der Waals surface area contributed by atoms with Crippen LogP contribution in [-0.2, 0) is 6.54 Å². The van der Waals surface area contributed by atoms with Gasteiger partial charge in [0.05, 0.1) is 0 Å². The predicted molar refractivity (Wildman–Crippen MR) is 46.3 cm³/mol. The van der Waals surface area contributed by atoms with Crippen LogP contribution in [0, 0.1) is 0 Å². The van der Waals surface area contributed by atoms with E-state index < -0.39 is 0 Å². The summed E-state index contributed by atoms with van der Waals surface area (Å²) in [5.41, 5.74) is 0. The highest BCUT2D eigenvalue weighted by Crippen LogP contribution is 2.20. The van der Waals surface area contributed by atoms with Crippen molar-refractivity contribution in [1.29, 1.82) is 0 Å². The van der Waals surface area contributed by atoms with Gasteiger partial charge in [-0.1, -0.05) is 0 Å². The molecule has 0 spiro atoms. The second kappa shape index (κ2) is 3.49. The Morgan fingerprint density at radius 3 is 2.17 bits per heavy atom. The van der Waals surface area contributed by atoms with E-state index in [2.05, 4.69) is 0 Å². The van der Waals surface area contributed by atoms with E-state index in [1.54, 1.807) is 0 Å². The van der Waals surface area contributed by atoms with Gasteiger partial charge in [0.25, 0.3) is 0 Å². The van der Waals surface area contributed by atoms with E-state index in [4.69, 9.17) is 0 Å². The monoisotopic (exact) mass is 170 g/mol. The van der Waals surface area contributed by atoms with Crippen LogP contribution in [0.5, 0.6) is 11.8 Å². The highest BCUT2D eigenvalue weighted by molar-refractivity contribution is 5.23. The van der Waals surface area contributed by atoms with Gasteiger partial charge in [-0.25, -0.2) is 0 Å². The molecule has 0 saturated heterocycles. The fraction of sp³-hybridized carbons (Fsp3) is 0.500. The topological polar surface area (TPSA) is 48.6 Å². The molecule has 0 aliphatic rings. The number of hydrogen-bond acceptors (Lipinski definition) is 3. The van der Waals surface area contributed by atoms with Gasteiger partial charge in [0.1, 0.15) is 0 Å². The van der Waals surface area contributed by atoms with Crippen molar-refractivity contribution < 1.29 is 10.2 Å². The van der Waals surface area contributed by atoms with Crippen LogP contribution >= 0.6 is 0 Å². The van der Waals surface area contributed by atoms with Crippen molar-refractivity contribution in [3.05, 3.63) is 12.1 Å². The molecule has 0 radical (unpaired) electrons. The normalized spacial score (nSPS) is 10.9. The number of aromatic hydroxyl groups is 2. The van der Waals surface area contributed by atoms with Gasteiger partial charge >= 0.3 is 0 Å². The fourth-order valence-corrected chi connectivity index (χ4v) is 0.975. The Labute approximate surface area is 71.7 Å². The molecule has 0 aromatic carbocycles. The fourth-order valence-electron chi connectivity index (χ4n) is 0.975. The third-order valence-electron chi connectivity index (χ3n) is 1.71. The molecule has 68 valence electrons. The molecule has 12 heavy (non-hydrogen) atoms. The lowest BCUT2D eigenvalue weighted by atomic mass is 10.5. The highest BCUT2D eigenvalue weighted by atomic mass is 16.3. The maximum atomic E-state index is 9.23. The molecule has 1 aromatic heterocycles. The molecule has 0 atom stereocenters. The minimum atomic E-state index is 0.106. The van der Waals surface area contributed by atoms with Gasteiger partial charge in [-0.2, -0.15) is 0 Å². The molecule has 1 rings (SSSR count). The SMILES string of the molecule is CN(C)CCn1c(O)ccc1O. The lowest BCUT2D eigenvalue weighted by Gasteiger charge is -2.11. The molecule has 0 aliphatic carbocycles. The van der Waals surface area contributed by atoms with Crippen LogP contribution in [0.3, 0.4) is 0 Å². The average molecular weight is 170 g/mol. The Balaban J connectivity index is 2.62. The summed E-state index contributed by atoms with van der Waals surface area (Å²) in [6.45, 7) is 1.38. The second-order valence-corrected chi connectivity index (χ2v) is 3.00. The van der Waals surface area contributed by atoms with Crippen molar-refractivity contribution in [2.75, 3.05) is 20.6 Å². The van der Waals surface area contributed by atoms with Gasteiger partial charge in [0.2, 0.25) is 0 Å². The van der Waals surface area contributed by atoms with E-state index in [-0.39, 0.29) is 11.8 Å². The minimum absolute atomic E-state index is 0.106. The van der Waals surface area contributed by atoms with Crippen LogP contribution in [0.25, 0.3) is 0 Å². The molecule has 0 bridgehead atoms.